The van der Waals surface area contributed by atoms with Gasteiger partial charge in [0.15, 0.2) is 0 Å². The molecule has 0 aliphatic heterocycles. The van der Waals surface area contributed by atoms with E-state index in [2.05, 4.69) is 0 Å². The molecular formula is C9H5Cl3F4. The summed E-state index contributed by atoms with van der Waals surface area (Å²) in [5.41, 5.74) is -0.207. The summed E-state index contributed by atoms with van der Waals surface area (Å²) in [5, 5.41) is -2.04. The van der Waals surface area contributed by atoms with E-state index in [0.717, 1.165) is 12.1 Å². The maximum Gasteiger partial charge on any atom is 0.327 e. The van der Waals surface area contributed by atoms with Crippen LogP contribution in [0.5, 0.6) is 0 Å². The van der Waals surface area contributed by atoms with Gasteiger partial charge >= 0.3 is 12.3 Å². The Hall–Kier alpha value is -0.190. The molecule has 16 heavy (non-hydrogen) atoms. The number of benzene rings is 1. The first-order valence-corrected chi connectivity index (χ1v) is 5.21. The summed E-state index contributed by atoms with van der Waals surface area (Å²) in [6.45, 7) is 0. The molecule has 0 saturated carbocycles. The highest BCUT2D eigenvalue weighted by molar-refractivity contribution is 6.42. The van der Waals surface area contributed by atoms with E-state index in [1.807, 2.05) is 0 Å². The lowest BCUT2D eigenvalue weighted by Crippen LogP contribution is -2.31. The van der Waals surface area contributed by atoms with Gasteiger partial charge in [0.25, 0.3) is 0 Å². The molecule has 0 nitrogen and oxygen atoms in total. The van der Waals surface area contributed by atoms with Crippen LogP contribution in [0.1, 0.15) is 10.9 Å². The van der Waals surface area contributed by atoms with Gasteiger partial charge in [-0.25, -0.2) is 8.78 Å². The highest BCUT2D eigenvalue weighted by Gasteiger charge is 2.48. The van der Waals surface area contributed by atoms with E-state index in [4.69, 9.17) is 34.8 Å². The molecule has 0 saturated heterocycles. The second-order valence-corrected chi connectivity index (χ2v) is 4.26. The Morgan fingerprint density at radius 3 is 2.06 bits per heavy atom. The van der Waals surface area contributed by atoms with Crippen molar-refractivity contribution in [3.63, 3.8) is 0 Å². The van der Waals surface area contributed by atoms with Crippen molar-refractivity contribution in [3.8, 4) is 0 Å². The minimum Gasteiger partial charge on any atom is -0.204 e. The van der Waals surface area contributed by atoms with Gasteiger partial charge in [0.2, 0.25) is 0 Å². The summed E-state index contributed by atoms with van der Waals surface area (Å²) in [6, 6.07) is 3.39. The second-order valence-electron chi connectivity index (χ2n) is 3.01. The Balaban J connectivity index is 3.05. The van der Waals surface area contributed by atoms with Crippen LogP contribution in [-0.2, 0) is 0 Å². The fraction of sp³-hybridized carbons (Fsp3) is 0.333. The lowest BCUT2D eigenvalue weighted by atomic mass is 10.1. The Morgan fingerprint density at radius 2 is 1.62 bits per heavy atom. The molecule has 0 radical (unpaired) electrons. The molecule has 1 aromatic carbocycles. The molecule has 0 heterocycles. The smallest absolute Gasteiger partial charge is 0.204 e. The van der Waals surface area contributed by atoms with E-state index in [9.17, 15) is 17.6 Å². The van der Waals surface area contributed by atoms with Crippen molar-refractivity contribution in [2.24, 2.45) is 0 Å². The summed E-state index contributed by atoms with van der Waals surface area (Å²) in [5.74, 6) is -4.32. The summed E-state index contributed by atoms with van der Waals surface area (Å²) in [6.07, 6.45) is -3.84. The molecule has 0 aliphatic carbocycles. The summed E-state index contributed by atoms with van der Waals surface area (Å²) in [7, 11) is 0. The van der Waals surface area contributed by atoms with Gasteiger partial charge in [-0.1, -0.05) is 29.3 Å². The first-order chi connectivity index (χ1) is 7.26. The van der Waals surface area contributed by atoms with Gasteiger partial charge in [-0.2, -0.15) is 8.78 Å². The van der Waals surface area contributed by atoms with E-state index in [0.29, 0.717) is 0 Å². The first kappa shape index (κ1) is 13.9. The zero-order valence-electron chi connectivity index (χ0n) is 7.53. The lowest BCUT2D eigenvalue weighted by Gasteiger charge is -2.21. The molecule has 90 valence electrons. The zero-order chi connectivity index (χ0) is 12.5. The molecule has 0 aromatic heterocycles. The van der Waals surface area contributed by atoms with Crippen LogP contribution in [0, 0.1) is 0 Å². The largest absolute Gasteiger partial charge is 0.327 e. The van der Waals surface area contributed by atoms with Crippen molar-refractivity contribution in [1.29, 1.82) is 0 Å². The third-order valence-corrected chi connectivity index (χ3v) is 3.15. The fourth-order valence-electron chi connectivity index (χ4n) is 1.00. The van der Waals surface area contributed by atoms with Crippen LogP contribution in [0.25, 0.3) is 0 Å². The molecule has 1 aromatic rings. The molecule has 0 amide bonds. The average molecular weight is 295 g/mol. The molecule has 1 atom stereocenters. The van der Waals surface area contributed by atoms with Crippen molar-refractivity contribution < 1.29 is 17.6 Å². The minimum absolute atomic E-state index is 0.0186. The van der Waals surface area contributed by atoms with Crippen LogP contribution in [0.15, 0.2) is 18.2 Å². The van der Waals surface area contributed by atoms with Crippen LogP contribution in [0.3, 0.4) is 0 Å². The Kier molecular flexibility index (Phi) is 4.32. The molecule has 0 aliphatic rings. The molecule has 0 fully saturated rings. The van der Waals surface area contributed by atoms with Crippen molar-refractivity contribution in [2.75, 3.05) is 0 Å². The molecule has 0 spiro atoms. The predicted molar refractivity (Wildman–Crippen MR) is 56.0 cm³/mol. The number of hydrogen-bond acceptors (Lipinski definition) is 0. The first-order valence-electron chi connectivity index (χ1n) is 4.01. The van der Waals surface area contributed by atoms with Crippen molar-refractivity contribution in [3.05, 3.63) is 33.8 Å². The zero-order valence-corrected chi connectivity index (χ0v) is 9.80. The molecular weight excluding hydrogens is 290 g/mol. The van der Waals surface area contributed by atoms with Gasteiger partial charge in [-0.3, -0.25) is 0 Å². The van der Waals surface area contributed by atoms with E-state index in [-0.39, 0.29) is 15.6 Å². The Labute approximate surface area is 104 Å². The molecule has 1 rings (SSSR count). The fourth-order valence-corrected chi connectivity index (χ4v) is 1.54. The van der Waals surface area contributed by atoms with Crippen molar-refractivity contribution in [1.82, 2.24) is 0 Å². The topological polar surface area (TPSA) is 0 Å². The van der Waals surface area contributed by atoms with E-state index < -0.39 is 17.7 Å². The van der Waals surface area contributed by atoms with E-state index in [1.54, 1.807) is 0 Å². The second kappa shape index (κ2) is 4.98. The van der Waals surface area contributed by atoms with E-state index >= 15 is 0 Å². The third-order valence-electron chi connectivity index (χ3n) is 1.87. The number of halogens is 7. The molecule has 1 unspecified atom stereocenters. The molecule has 0 bridgehead atoms. The monoisotopic (exact) mass is 294 g/mol. The van der Waals surface area contributed by atoms with Gasteiger partial charge in [0, 0.05) is 0 Å². The highest BCUT2D eigenvalue weighted by Crippen LogP contribution is 2.42. The van der Waals surface area contributed by atoms with Gasteiger partial charge in [-0.15, -0.1) is 11.6 Å². The summed E-state index contributed by atoms with van der Waals surface area (Å²) >= 11 is 16.4. The SMILES string of the molecule is FC(F)C(F)(F)C(Cl)c1ccc(Cl)c(Cl)c1. The van der Waals surface area contributed by atoms with Gasteiger partial charge in [0.1, 0.15) is 5.38 Å². The maximum atomic E-state index is 12.9. The lowest BCUT2D eigenvalue weighted by molar-refractivity contribution is -0.130. The number of hydrogen-bond donors (Lipinski definition) is 0. The van der Waals surface area contributed by atoms with Gasteiger partial charge in [-0.05, 0) is 17.7 Å². The Morgan fingerprint density at radius 1 is 1.06 bits per heavy atom. The number of rotatable bonds is 3. The van der Waals surface area contributed by atoms with Gasteiger partial charge in [0.05, 0.1) is 10.0 Å². The normalized spacial score (nSPS) is 14.2. The van der Waals surface area contributed by atoms with Crippen LogP contribution in [0.4, 0.5) is 17.6 Å². The highest BCUT2D eigenvalue weighted by atomic mass is 35.5. The van der Waals surface area contributed by atoms with Gasteiger partial charge < -0.3 is 0 Å². The molecule has 0 N–H and O–H groups in total. The summed E-state index contributed by atoms with van der Waals surface area (Å²) in [4.78, 5) is 0. The van der Waals surface area contributed by atoms with Crippen LogP contribution < -0.4 is 0 Å². The molecule has 7 heteroatoms. The van der Waals surface area contributed by atoms with Crippen LogP contribution in [-0.4, -0.2) is 12.3 Å². The van der Waals surface area contributed by atoms with Crippen LogP contribution >= 0.6 is 34.8 Å². The van der Waals surface area contributed by atoms with Crippen molar-refractivity contribution >= 4 is 34.8 Å². The average Bonchev–Trinajstić information content (AvgIpc) is 2.20. The number of alkyl halides is 5. The quantitative estimate of drug-likeness (QED) is 0.533. The minimum atomic E-state index is -4.32. The predicted octanol–water partition coefficient (Wildman–Crippen LogP) is 5.17. The summed E-state index contributed by atoms with van der Waals surface area (Å²) < 4.78 is 49.9. The van der Waals surface area contributed by atoms with Crippen LogP contribution in [0.2, 0.25) is 10.0 Å². The Bertz CT molecular complexity index is 381. The standard InChI is InChI=1S/C9H5Cl3F4/c10-5-2-1-4(3-6(5)11)7(12)9(15,16)8(13)14/h1-3,7-8H. The third kappa shape index (κ3) is 2.73. The van der Waals surface area contributed by atoms with E-state index in [1.165, 1.54) is 6.07 Å². The maximum absolute atomic E-state index is 12.9. The van der Waals surface area contributed by atoms with Crippen molar-refractivity contribution in [2.45, 2.75) is 17.7 Å².